The fourth-order valence-corrected chi connectivity index (χ4v) is 2.49. The number of ether oxygens (including phenoxy) is 2. The summed E-state index contributed by atoms with van der Waals surface area (Å²) in [6, 6.07) is 5.41. The maximum Gasteiger partial charge on any atom is 0.338 e. The van der Waals surface area contributed by atoms with Crippen LogP contribution in [0.1, 0.15) is 12.5 Å². The zero-order valence-electron chi connectivity index (χ0n) is 11.3. The SMILES string of the molecule is COC(=O)C1=CC(C)(C(=O)OC)Nc2ccc(Br)cc21. The highest BCUT2D eigenvalue weighted by Crippen LogP contribution is 2.36. The van der Waals surface area contributed by atoms with Crippen LogP contribution in [0.5, 0.6) is 0 Å². The van der Waals surface area contributed by atoms with Crippen molar-refractivity contribution in [1.29, 1.82) is 0 Å². The summed E-state index contributed by atoms with van der Waals surface area (Å²) in [5.74, 6) is -0.978. The van der Waals surface area contributed by atoms with Gasteiger partial charge in [0.1, 0.15) is 0 Å². The predicted molar refractivity (Wildman–Crippen MR) is 78.2 cm³/mol. The third-order valence-electron chi connectivity index (χ3n) is 3.11. The molecular formula is C14H14BrNO4. The second-order valence-corrected chi connectivity index (χ2v) is 5.47. The van der Waals surface area contributed by atoms with Crippen molar-refractivity contribution in [3.8, 4) is 0 Å². The molecule has 20 heavy (non-hydrogen) atoms. The third-order valence-corrected chi connectivity index (χ3v) is 3.61. The fourth-order valence-electron chi connectivity index (χ4n) is 2.13. The van der Waals surface area contributed by atoms with E-state index < -0.39 is 17.5 Å². The van der Waals surface area contributed by atoms with Gasteiger partial charge in [-0.05, 0) is 31.2 Å². The van der Waals surface area contributed by atoms with E-state index in [9.17, 15) is 9.59 Å². The van der Waals surface area contributed by atoms with E-state index in [2.05, 4.69) is 21.2 Å². The number of anilines is 1. The van der Waals surface area contributed by atoms with Crippen LogP contribution in [0.3, 0.4) is 0 Å². The molecule has 0 fully saturated rings. The zero-order chi connectivity index (χ0) is 14.9. The van der Waals surface area contributed by atoms with Gasteiger partial charge in [-0.3, -0.25) is 0 Å². The van der Waals surface area contributed by atoms with Gasteiger partial charge in [-0.15, -0.1) is 0 Å². The Hall–Kier alpha value is -1.82. The number of methoxy groups -OCH3 is 2. The maximum absolute atomic E-state index is 12.0. The van der Waals surface area contributed by atoms with Gasteiger partial charge in [0, 0.05) is 15.7 Å². The van der Waals surface area contributed by atoms with E-state index in [0.29, 0.717) is 16.8 Å². The van der Waals surface area contributed by atoms with Gasteiger partial charge in [0.05, 0.1) is 19.8 Å². The molecule has 0 aromatic heterocycles. The molecule has 106 valence electrons. The van der Waals surface area contributed by atoms with E-state index >= 15 is 0 Å². The lowest BCUT2D eigenvalue weighted by Gasteiger charge is -2.32. The van der Waals surface area contributed by atoms with Crippen molar-refractivity contribution >= 4 is 39.1 Å². The minimum absolute atomic E-state index is 0.329. The summed E-state index contributed by atoms with van der Waals surface area (Å²) in [6.45, 7) is 1.65. The van der Waals surface area contributed by atoms with Gasteiger partial charge in [-0.2, -0.15) is 0 Å². The monoisotopic (exact) mass is 339 g/mol. The van der Waals surface area contributed by atoms with E-state index in [1.54, 1.807) is 19.1 Å². The van der Waals surface area contributed by atoms with Crippen LogP contribution in [0, 0.1) is 0 Å². The van der Waals surface area contributed by atoms with E-state index in [-0.39, 0.29) is 0 Å². The minimum atomic E-state index is -1.11. The lowest BCUT2D eigenvalue weighted by molar-refractivity contribution is -0.143. The lowest BCUT2D eigenvalue weighted by atomic mass is 9.89. The van der Waals surface area contributed by atoms with Gasteiger partial charge < -0.3 is 14.8 Å². The molecule has 0 bridgehead atoms. The number of carbonyl (C=O) groups is 2. The summed E-state index contributed by atoms with van der Waals surface area (Å²) in [6.07, 6.45) is 1.53. The molecule has 1 unspecified atom stereocenters. The van der Waals surface area contributed by atoms with Crippen LogP contribution >= 0.6 is 15.9 Å². The van der Waals surface area contributed by atoms with Gasteiger partial charge in [-0.1, -0.05) is 15.9 Å². The number of halogens is 1. The molecule has 2 rings (SSSR count). The number of rotatable bonds is 2. The van der Waals surface area contributed by atoms with E-state index in [1.807, 2.05) is 6.07 Å². The number of nitrogens with one attached hydrogen (secondary N) is 1. The Morgan fingerprint density at radius 1 is 1.25 bits per heavy atom. The molecule has 1 aromatic carbocycles. The van der Waals surface area contributed by atoms with Crippen LogP contribution in [0.2, 0.25) is 0 Å². The second kappa shape index (κ2) is 5.28. The molecule has 0 saturated heterocycles. The average Bonchev–Trinajstić information content (AvgIpc) is 2.45. The van der Waals surface area contributed by atoms with Crippen molar-refractivity contribution in [3.63, 3.8) is 0 Å². The van der Waals surface area contributed by atoms with E-state index in [1.165, 1.54) is 20.3 Å². The number of benzene rings is 1. The predicted octanol–water partition coefficient (Wildman–Crippen LogP) is 2.36. The van der Waals surface area contributed by atoms with Gasteiger partial charge in [0.15, 0.2) is 5.54 Å². The number of esters is 2. The molecule has 1 aliphatic rings. The highest BCUT2D eigenvalue weighted by atomic mass is 79.9. The van der Waals surface area contributed by atoms with Crippen molar-refractivity contribution in [2.45, 2.75) is 12.5 Å². The summed E-state index contributed by atoms with van der Waals surface area (Å²) < 4.78 is 10.4. The van der Waals surface area contributed by atoms with Crippen molar-refractivity contribution < 1.29 is 19.1 Å². The first kappa shape index (κ1) is 14.6. The number of hydrogen-bond acceptors (Lipinski definition) is 5. The highest BCUT2D eigenvalue weighted by molar-refractivity contribution is 9.10. The smallest absolute Gasteiger partial charge is 0.338 e. The quantitative estimate of drug-likeness (QED) is 0.838. The van der Waals surface area contributed by atoms with Crippen LogP contribution in [0.4, 0.5) is 5.69 Å². The molecule has 0 amide bonds. The van der Waals surface area contributed by atoms with Gasteiger partial charge in [0.2, 0.25) is 0 Å². The summed E-state index contributed by atoms with van der Waals surface area (Å²) in [7, 11) is 2.61. The number of fused-ring (bicyclic) bond motifs is 1. The first-order valence-electron chi connectivity index (χ1n) is 5.89. The molecule has 1 aromatic rings. The first-order chi connectivity index (χ1) is 9.41. The van der Waals surface area contributed by atoms with Crippen molar-refractivity contribution in [3.05, 3.63) is 34.3 Å². The minimum Gasteiger partial charge on any atom is -0.467 e. The van der Waals surface area contributed by atoms with Crippen molar-refractivity contribution in [2.24, 2.45) is 0 Å². The molecule has 0 aliphatic carbocycles. The molecule has 0 saturated carbocycles. The Kier molecular flexibility index (Phi) is 3.85. The Bertz CT molecular complexity index is 611. The van der Waals surface area contributed by atoms with Crippen LogP contribution in [-0.2, 0) is 19.1 Å². The standard InChI is InChI=1S/C14H14BrNO4/c1-14(13(18)20-3)7-10(12(17)19-2)9-6-8(15)4-5-11(9)16-14/h4-7,16H,1-3H3. The molecule has 1 atom stereocenters. The third kappa shape index (κ3) is 2.43. The Labute approximate surface area is 125 Å². The largest absolute Gasteiger partial charge is 0.467 e. The first-order valence-corrected chi connectivity index (χ1v) is 6.68. The highest BCUT2D eigenvalue weighted by Gasteiger charge is 2.38. The van der Waals surface area contributed by atoms with Crippen LogP contribution in [0.25, 0.3) is 5.57 Å². The second-order valence-electron chi connectivity index (χ2n) is 4.56. The Balaban J connectivity index is 2.61. The summed E-state index contributed by atoms with van der Waals surface area (Å²) in [4.78, 5) is 23.9. The molecule has 1 heterocycles. The number of hydrogen-bond donors (Lipinski definition) is 1. The maximum atomic E-state index is 12.0. The van der Waals surface area contributed by atoms with Crippen LogP contribution < -0.4 is 5.32 Å². The van der Waals surface area contributed by atoms with Crippen LogP contribution in [0.15, 0.2) is 28.7 Å². The molecule has 0 radical (unpaired) electrons. The van der Waals surface area contributed by atoms with Crippen molar-refractivity contribution in [1.82, 2.24) is 0 Å². The topological polar surface area (TPSA) is 64.6 Å². The summed E-state index contributed by atoms with van der Waals surface area (Å²) >= 11 is 3.36. The van der Waals surface area contributed by atoms with Crippen molar-refractivity contribution in [2.75, 3.05) is 19.5 Å². The summed E-state index contributed by atoms with van der Waals surface area (Å²) in [5, 5.41) is 3.08. The molecule has 5 nitrogen and oxygen atoms in total. The van der Waals surface area contributed by atoms with E-state index in [4.69, 9.17) is 9.47 Å². The normalized spacial score (nSPS) is 20.3. The molecule has 0 spiro atoms. The molecule has 1 N–H and O–H groups in total. The van der Waals surface area contributed by atoms with Gasteiger partial charge in [0.25, 0.3) is 0 Å². The average molecular weight is 340 g/mol. The lowest BCUT2D eigenvalue weighted by Crippen LogP contribution is -2.45. The fraction of sp³-hybridized carbons (Fsp3) is 0.286. The zero-order valence-corrected chi connectivity index (χ0v) is 12.9. The molecular weight excluding hydrogens is 326 g/mol. The molecule has 6 heteroatoms. The van der Waals surface area contributed by atoms with Crippen LogP contribution in [-0.4, -0.2) is 31.7 Å². The Morgan fingerprint density at radius 2 is 1.95 bits per heavy atom. The summed E-state index contributed by atoms with van der Waals surface area (Å²) in [5.41, 5.74) is 0.561. The Morgan fingerprint density at radius 3 is 2.55 bits per heavy atom. The van der Waals surface area contributed by atoms with E-state index in [0.717, 1.165) is 4.47 Å². The van der Waals surface area contributed by atoms with Gasteiger partial charge in [-0.25, -0.2) is 9.59 Å². The number of carbonyl (C=O) groups excluding carboxylic acids is 2. The molecule has 1 aliphatic heterocycles. The van der Waals surface area contributed by atoms with Gasteiger partial charge >= 0.3 is 11.9 Å².